The lowest BCUT2D eigenvalue weighted by Gasteiger charge is -2.55. The molecule has 27 heavy (non-hydrogen) atoms. The van der Waals surface area contributed by atoms with Crippen molar-refractivity contribution in [3.05, 3.63) is 0 Å². The number of ketones is 1. The van der Waals surface area contributed by atoms with Gasteiger partial charge in [-0.3, -0.25) is 9.35 Å². The zero-order valence-electron chi connectivity index (χ0n) is 16.0. The van der Waals surface area contributed by atoms with Crippen molar-refractivity contribution in [2.75, 3.05) is 5.75 Å². The van der Waals surface area contributed by atoms with Gasteiger partial charge in [0.15, 0.2) is 0 Å². The minimum Gasteiger partial charge on any atom is -0.298 e. The highest BCUT2D eigenvalue weighted by molar-refractivity contribution is 8.70. The second kappa shape index (κ2) is 7.28. The lowest BCUT2D eigenvalue weighted by molar-refractivity contribution is -0.128. The number of Topliss-reactive ketones (excluding diaryl/α,β-unsaturated/α-hetero) is 1. The van der Waals surface area contributed by atoms with Crippen LogP contribution in [0.5, 0.6) is 0 Å². The first-order chi connectivity index (χ1) is 12.7. The van der Waals surface area contributed by atoms with Gasteiger partial charge in [0.05, 0.1) is 5.75 Å². The minimum atomic E-state index is -4.17. The van der Waals surface area contributed by atoms with Gasteiger partial charge in [-0.05, 0) is 92.8 Å². The molecule has 1 N–H and O–H groups in total. The fourth-order valence-electron chi connectivity index (χ4n) is 7.56. The van der Waals surface area contributed by atoms with Crippen LogP contribution >= 0.6 is 10.8 Å². The lowest BCUT2D eigenvalue weighted by atomic mass is 9.49. The van der Waals surface area contributed by atoms with Crippen LogP contribution in [-0.4, -0.2) is 30.7 Å². The Kier molecular flexibility index (Phi) is 5.43. The van der Waals surface area contributed by atoms with E-state index in [1.165, 1.54) is 6.42 Å². The first-order valence-corrected chi connectivity index (χ1v) is 13.4. The molecule has 7 unspecified atom stereocenters. The Hall–Kier alpha value is -0.140. The molecule has 4 rings (SSSR count). The Balaban J connectivity index is 1.47. The van der Waals surface area contributed by atoms with Crippen LogP contribution in [0.15, 0.2) is 0 Å². The van der Waals surface area contributed by atoms with Crippen LogP contribution in [0.2, 0.25) is 0 Å². The predicted octanol–water partition coefficient (Wildman–Crippen LogP) is 4.70. The smallest absolute Gasteiger partial charge is 0.298 e. The molecule has 4 saturated carbocycles. The number of hydrogen-bond acceptors (Lipinski definition) is 4. The van der Waals surface area contributed by atoms with E-state index in [-0.39, 0.29) is 22.9 Å². The number of hydrogen-bond donors (Lipinski definition) is 1. The van der Waals surface area contributed by atoms with E-state index >= 15 is 0 Å². The van der Waals surface area contributed by atoms with Crippen molar-refractivity contribution in [2.24, 2.45) is 40.9 Å². The molecule has 8 atom stereocenters. The molecule has 0 amide bonds. The van der Waals surface area contributed by atoms with Gasteiger partial charge in [0, 0.05) is 16.7 Å². The predicted molar refractivity (Wildman–Crippen MR) is 105 cm³/mol. The third kappa shape index (κ3) is 3.73. The molecule has 4 aliphatic carbocycles. The topological polar surface area (TPSA) is 71.4 Å². The maximum absolute atomic E-state index is 13.9. The number of alkyl halides is 1. The Morgan fingerprint density at radius 1 is 1.07 bits per heavy atom. The van der Waals surface area contributed by atoms with E-state index in [9.17, 15) is 17.6 Å². The maximum Gasteiger partial charge on any atom is 0.320 e. The van der Waals surface area contributed by atoms with E-state index in [0.29, 0.717) is 40.4 Å². The maximum atomic E-state index is 13.9. The third-order valence-corrected chi connectivity index (χ3v) is 10.6. The summed E-state index contributed by atoms with van der Waals surface area (Å²) in [7, 11) is -3.82. The fraction of sp³-hybridized carbons (Fsp3) is 0.950. The van der Waals surface area contributed by atoms with Crippen molar-refractivity contribution in [1.82, 2.24) is 0 Å². The monoisotopic (exact) mass is 418 g/mol. The molecular formula is C20H31FO4S2. The number of rotatable bonds is 4. The molecule has 4 nitrogen and oxygen atoms in total. The van der Waals surface area contributed by atoms with Gasteiger partial charge in [-0.2, -0.15) is 8.42 Å². The molecule has 0 radical (unpaired) electrons. The molecular weight excluding hydrogens is 387 g/mol. The van der Waals surface area contributed by atoms with E-state index in [0.717, 1.165) is 51.4 Å². The highest BCUT2D eigenvalue weighted by atomic mass is 33.1. The van der Waals surface area contributed by atoms with Gasteiger partial charge in [0.1, 0.15) is 12.0 Å². The summed E-state index contributed by atoms with van der Waals surface area (Å²) in [5, 5.41) is 0. The van der Waals surface area contributed by atoms with Crippen LogP contribution in [-0.2, 0) is 13.9 Å². The van der Waals surface area contributed by atoms with Crippen molar-refractivity contribution in [3.63, 3.8) is 0 Å². The number of carbonyl (C=O) groups is 1. The molecule has 0 aromatic rings. The second-order valence-corrected chi connectivity index (χ2v) is 13.0. The van der Waals surface area contributed by atoms with Gasteiger partial charge >= 0.3 is 9.15 Å². The third-order valence-electron chi connectivity index (χ3n) is 8.63. The quantitative estimate of drug-likeness (QED) is 0.529. The fourth-order valence-corrected chi connectivity index (χ4v) is 8.82. The van der Waals surface area contributed by atoms with Crippen molar-refractivity contribution >= 4 is 25.7 Å². The summed E-state index contributed by atoms with van der Waals surface area (Å²) < 4.78 is 44.8. The van der Waals surface area contributed by atoms with Crippen molar-refractivity contribution in [1.29, 1.82) is 0 Å². The zero-order valence-corrected chi connectivity index (χ0v) is 17.6. The summed E-state index contributed by atoms with van der Waals surface area (Å²) in [5.74, 6) is 2.84. The SMILES string of the molecule is CC12CCC3C4CC[C@H](F)CC4CCC3C1CCC2C(=O)CSS(=O)(=O)O. The summed E-state index contributed by atoms with van der Waals surface area (Å²) in [5.41, 5.74) is -0.0395. The normalized spacial score (nSPS) is 47.0. The lowest BCUT2D eigenvalue weighted by Crippen LogP contribution is -2.49. The standard InChI is InChI=1S/C20H31FO4S2/c1-20-9-8-15-14-5-3-13(21)10-12(14)2-4-16(15)17(20)6-7-18(20)19(22)11-26-27(23,24)25/h12-18H,2-11H2,1H3,(H,23,24,25)/t12?,13-,14?,15?,16?,17?,18?,20?/m0/s1. The van der Waals surface area contributed by atoms with E-state index in [1.54, 1.807) is 0 Å². The first-order valence-electron chi connectivity index (χ1n) is 10.5. The van der Waals surface area contributed by atoms with Crippen molar-refractivity contribution < 1.29 is 22.2 Å². The van der Waals surface area contributed by atoms with E-state index in [1.807, 2.05) is 0 Å². The Labute approximate surface area is 165 Å². The zero-order chi connectivity index (χ0) is 19.4. The Morgan fingerprint density at radius 3 is 2.56 bits per heavy atom. The Bertz CT molecular complexity index is 696. The number of fused-ring (bicyclic) bond motifs is 5. The van der Waals surface area contributed by atoms with Crippen molar-refractivity contribution in [2.45, 2.75) is 70.9 Å². The van der Waals surface area contributed by atoms with Crippen LogP contribution < -0.4 is 0 Å². The van der Waals surface area contributed by atoms with Crippen molar-refractivity contribution in [3.8, 4) is 0 Å². The molecule has 7 heteroatoms. The summed E-state index contributed by atoms with van der Waals surface area (Å²) in [6, 6.07) is 0. The van der Waals surface area contributed by atoms with Crippen LogP contribution in [0.3, 0.4) is 0 Å². The molecule has 4 aliphatic rings. The van der Waals surface area contributed by atoms with Crippen LogP contribution in [0, 0.1) is 40.9 Å². The summed E-state index contributed by atoms with van der Waals surface area (Å²) in [6.45, 7) is 2.24. The van der Waals surface area contributed by atoms with Gasteiger partial charge in [-0.25, -0.2) is 4.39 Å². The average Bonchev–Trinajstić information content (AvgIpc) is 2.96. The highest BCUT2D eigenvalue weighted by Gasteiger charge is 2.58. The van der Waals surface area contributed by atoms with E-state index in [4.69, 9.17) is 4.55 Å². The molecule has 0 spiro atoms. The van der Waals surface area contributed by atoms with Gasteiger partial charge in [0.2, 0.25) is 0 Å². The average molecular weight is 419 g/mol. The molecule has 0 aliphatic heterocycles. The molecule has 0 saturated heterocycles. The Morgan fingerprint density at radius 2 is 1.81 bits per heavy atom. The van der Waals surface area contributed by atoms with Gasteiger partial charge < -0.3 is 0 Å². The summed E-state index contributed by atoms with van der Waals surface area (Å²) >= 11 is 0. The van der Waals surface area contributed by atoms with Gasteiger partial charge in [0.25, 0.3) is 0 Å². The van der Waals surface area contributed by atoms with Gasteiger partial charge in [-0.15, -0.1) is 0 Å². The van der Waals surface area contributed by atoms with E-state index in [2.05, 4.69) is 6.92 Å². The molecule has 4 fully saturated rings. The van der Waals surface area contributed by atoms with Crippen LogP contribution in [0.25, 0.3) is 0 Å². The van der Waals surface area contributed by atoms with Crippen LogP contribution in [0.1, 0.15) is 64.7 Å². The summed E-state index contributed by atoms with van der Waals surface area (Å²) in [4.78, 5) is 12.7. The van der Waals surface area contributed by atoms with Gasteiger partial charge in [-0.1, -0.05) is 6.92 Å². The van der Waals surface area contributed by atoms with E-state index < -0.39 is 15.3 Å². The number of carbonyl (C=O) groups excluding carboxylic acids is 1. The molecule has 0 heterocycles. The van der Waals surface area contributed by atoms with Crippen LogP contribution in [0.4, 0.5) is 4.39 Å². The largest absolute Gasteiger partial charge is 0.320 e. The molecule has 0 aromatic heterocycles. The minimum absolute atomic E-state index is 0.0206. The molecule has 0 bridgehead atoms. The second-order valence-electron chi connectivity index (χ2n) is 9.68. The summed E-state index contributed by atoms with van der Waals surface area (Å²) in [6.07, 6.45) is 8.25. The number of halogens is 1. The molecule has 154 valence electrons. The first kappa shape index (κ1) is 20.1. The highest BCUT2D eigenvalue weighted by Crippen LogP contribution is 2.64. The molecule has 0 aromatic carbocycles.